The molecule has 0 saturated heterocycles. The summed E-state index contributed by atoms with van der Waals surface area (Å²) in [6.45, 7) is 3.11. The molecule has 5 nitrogen and oxygen atoms in total. The molecule has 0 aliphatic carbocycles. The van der Waals surface area contributed by atoms with Gasteiger partial charge < -0.3 is 9.30 Å². The number of methoxy groups -OCH3 is 1. The van der Waals surface area contributed by atoms with Gasteiger partial charge in [0, 0.05) is 18.9 Å². The highest BCUT2D eigenvalue weighted by atomic mass is 16.5. The minimum atomic E-state index is 0.00458. The van der Waals surface area contributed by atoms with Crippen molar-refractivity contribution in [2.45, 2.75) is 32.4 Å². The fourth-order valence-electron chi connectivity index (χ4n) is 2.28. The summed E-state index contributed by atoms with van der Waals surface area (Å²) in [7, 11) is 1.67. The zero-order chi connectivity index (χ0) is 14.4. The predicted octanol–water partition coefficient (Wildman–Crippen LogP) is 2.05. The molecule has 0 saturated carbocycles. The Morgan fingerprint density at radius 2 is 2.10 bits per heavy atom. The third-order valence-electron chi connectivity index (χ3n) is 3.32. The number of ether oxygens (including phenoxy) is 1. The van der Waals surface area contributed by atoms with Crippen molar-refractivity contribution in [2.75, 3.05) is 7.11 Å². The lowest BCUT2D eigenvalue weighted by atomic mass is 10.1. The molecule has 0 aliphatic rings. The monoisotopic (exact) mass is 274 g/mol. The van der Waals surface area contributed by atoms with Crippen LogP contribution in [0.3, 0.4) is 0 Å². The summed E-state index contributed by atoms with van der Waals surface area (Å²) < 4.78 is 7.31. The average Bonchev–Trinajstić information content (AvgIpc) is 2.94. The van der Waals surface area contributed by atoms with Gasteiger partial charge in [-0.15, -0.1) is 0 Å². The Labute approximate surface area is 119 Å². The van der Waals surface area contributed by atoms with E-state index >= 15 is 0 Å². The van der Waals surface area contributed by atoms with Gasteiger partial charge in [0.25, 0.3) is 0 Å². The van der Waals surface area contributed by atoms with Gasteiger partial charge >= 0.3 is 0 Å². The zero-order valence-electron chi connectivity index (χ0n) is 12.0. The fourth-order valence-corrected chi connectivity index (χ4v) is 2.28. The molecule has 0 bridgehead atoms. The van der Waals surface area contributed by atoms with Crippen molar-refractivity contribution in [3.8, 4) is 5.75 Å². The first-order valence-electron chi connectivity index (χ1n) is 6.88. The van der Waals surface area contributed by atoms with Gasteiger partial charge in [0.15, 0.2) is 0 Å². The minimum Gasteiger partial charge on any atom is -0.497 e. The van der Waals surface area contributed by atoms with E-state index in [2.05, 4.69) is 34.0 Å². The molecule has 1 unspecified atom stereocenters. The van der Waals surface area contributed by atoms with Crippen LogP contribution in [0.2, 0.25) is 0 Å². The molecule has 20 heavy (non-hydrogen) atoms. The highest BCUT2D eigenvalue weighted by molar-refractivity contribution is 5.28. The first-order valence-corrected chi connectivity index (χ1v) is 6.88. The molecule has 0 fully saturated rings. The van der Waals surface area contributed by atoms with Crippen molar-refractivity contribution in [3.05, 3.63) is 48.0 Å². The molecule has 1 aromatic carbocycles. The maximum absolute atomic E-state index is 5.70. The number of hydrazine groups is 1. The van der Waals surface area contributed by atoms with Gasteiger partial charge in [-0.25, -0.2) is 10.4 Å². The summed E-state index contributed by atoms with van der Waals surface area (Å²) in [5.74, 6) is 7.54. The van der Waals surface area contributed by atoms with E-state index in [1.165, 1.54) is 5.56 Å². The van der Waals surface area contributed by atoms with E-state index in [0.29, 0.717) is 0 Å². The van der Waals surface area contributed by atoms with E-state index in [-0.39, 0.29) is 6.04 Å². The van der Waals surface area contributed by atoms with Crippen molar-refractivity contribution in [3.63, 3.8) is 0 Å². The number of imidazole rings is 1. The number of benzene rings is 1. The number of nitrogens with zero attached hydrogens (tertiary/aromatic N) is 2. The Morgan fingerprint density at radius 1 is 1.35 bits per heavy atom. The van der Waals surface area contributed by atoms with E-state index in [1.807, 2.05) is 24.5 Å². The van der Waals surface area contributed by atoms with Crippen molar-refractivity contribution in [1.29, 1.82) is 0 Å². The second-order valence-corrected chi connectivity index (χ2v) is 4.75. The quantitative estimate of drug-likeness (QED) is 0.599. The number of aromatic nitrogens is 2. The largest absolute Gasteiger partial charge is 0.497 e. The minimum absolute atomic E-state index is 0.00458. The molecule has 1 atom stereocenters. The Kier molecular flexibility index (Phi) is 5.15. The van der Waals surface area contributed by atoms with Crippen LogP contribution < -0.4 is 16.0 Å². The van der Waals surface area contributed by atoms with E-state index in [9.17, 15) is 0 Å². The normalized spacial score (nSPS) is 12.3. The SMILES string of the molecule is CCCn1ccnc1C(Cc1ccc(OC)cc1)NN. The third-order valence-corrected chi connectivity index (χ3v) is 3.32. The van der Waals surface area contributed by atoms with Crippen molar-refractivity contribution >= 4 is 0 Å². The number of hydrogen-bond donors (Lipinski definition) is 2. The van der Waals surface area contributed by atoms with Crippen LogP contribution >= 0.6 is 0 Å². The smallest absolute Gasteiger partial charge is 0.127 e. The maximum Gasteiger partial charge on any atom is 0.127 e. The van der Waals surface area contributed by atoms with E-state index in [0.717, 1.165) is 31.0 Å². The van der Waals surface area contributed by atoms with Gasteiger partial charge in [-0.05, 0) is 30.5 Å². The molecule has 2 aromatic rings. The number of hydrogen-bond acceptors (Lipinski definition) is 4. The molecular weight excluding hydrogens is 252 g/mol. The lowest BCUT2D eigenvalue weighted by molar-refractivity contribution is 0.414. The summed E-state index contributed by atoms with van der Waals surface area (Å²) in [5, 5.41) is 0. The lowest BCUT2D eigenvalue weighted by Gasteiger charge is -2.17. The van der Waals surface area contributed by atoms with Gasteiger partial charge in [0.05, 0.1) is 13.2 Å². The molecule has 5 heteroatoms. The molecule has 1 aromatic heterocycles. The van der Waals surface area contributed by atoms with Crippen LogP contribution in [0.4, 0.5) is 0 Å². The first-order chi connectivity index (χ1) is 9.78. The van der Waals surface area contributed by atoms with Crippen molar-refractivity contribution in [2.24, 2.45) is 5.84 Å². The second kappa shape index (κ2) is 7.07. The molecule has 2 rings (SSSR count). The van der Waals surface area contributed by atoms with Crippen LogP contribution in [-0.4, -0.2) is 16.7 Å². The van der Waals surface area contributed by atoms with E-state index in [1.54, 1.807) is 7.11 Å². The summed E-state index contributed by atoms with van der Waals surface area (Å²) in [6.07, 6.45) is 5.69. The second-order valence-electron chi connectivity index (χ2n) is 4.75. The number of rotatable bonds is 7. The maximum atomic E-state index is 5.70. The summed E-state index contributed by atoms with van der Waals surface area (Å²) in [5.41, 5.74) is 4.06. The van der Waals surface area contributed by atoms with Gasteiger partial charge in [0.2, 0.25) is 0 Å². The molecule has 1 heterocycles. The van der Waals surface area contributed by atoms with E-state index in [4.69, 9.17) is 10.6 Å². The molecule has 3 N–H and O–H groups in total. The highest BCUT2D eigenvalue weighted by Crippen LogP contribution is 2.19. The molecule has 0 aliphatic heterocycles. The van der Waals surface area contributed by atoms with Crippen LogP contribution in [0.15, 0.2) is 36.7 Å². The van der Waals surface area contributed by atoms with Crippen molar-refractivity contribution in [1.82, 2.24) is 15.0 Å². The molecule has 108 valence electrons. The Bertz CT molecular complexity index is 521. The number of nitrogens with two attached hydrogens (primary N) is 1. The predicted molar refractivity (Wildman–Crippen MR) is 79.3 cm³/mol. The van der Waals surface area contributed by atoms with Crippen LogP contribution in [0.1, 0.15) is 30.8 Å². The van der Waals surface area contributed by atoms with Crippen LogP contribution in [-0.2, 0) is 13.0 Å². The molecule has 0 radical (unpaired) electrons. The van der Waals surface area contributed by atoms with Crippen molar-refractivity contribution < 1.29 is 4.74 Å². The topological polar surface area (TPSA) is 65.1 Å². The summed E-state index contributed by atoms with van der Waals surface area (Å²) >= 11 is 0. The number of aryl methyl sites for hydroxylation is 1. The van der Waals surface area contributed by atoms with Gasteiger partial charge in [-0.1, -0.05) is 19.1 Å². The Morgan fingerprint density at radius 3 is 2.70 bits per heavy atom. The Balaban J connectivity index is 2.13. The van der Waals surface area contributed by atoms with Gasteiger partial charge in [-0.3, -0.25) is 5.84 Å². The van der Waals surface area contributed by atoms with E-state index < -0.39 is 0 Å². The zero-order valence-corrected chi connectivity index (χ0v) is 12.0. The van der Waals surface area contributed by atoms with Crippen LogP contribution in [0.5, 0.6) is 5.75 Å². The Hall–Kier alpha value is -1.85. The summed E-state index contributed by atoms with van der Waals surface area (Å²) in [6, 6.07) is 8.03. The highest BCUT2D eigenvalue weighted by Gasteiger charge is 2.16. The standard InChI is InChI=1S/C15H22N4O/c1-3-9-19-10-8-17-15(19)14(18-16)11-12-4-6-13(20-2)7-5-12/h4-8,10,14,18H,3,9,11,16H2,1-2H3. The van der Waals surface area contributed by atoms with Gasteiger partial charge in [-0.2, -0.15) is 0 Å². The molecule has 0 amide bonds. The summed E-state index contributed by atoms with van der Waals surface area (Å²) in [4.78, 5) is 4.43. The fraction of sp³-hybridized carbons (Fsp3) is 0.400. The lowest BCUT2D eigenvalue weighted by Crippen LogP contribution is -2.31. The average molecular weight is 274 g/mol. The van der Waals surface area contributed by atoms with Crippen LogP contribution in [0, 0.1) is 0 Å². The number of nitrogens with one attached hydrogen (secondary N) is 1. The third kappa shape index (κ3) is 3.37. The van der Waals surface area contributed by atoms with Crippen LogP contribution in [0.25, 0.3) is 0 Å². The van der Waals surface area contributed by atoms with Gasteiger partial charge in [0.1, 0.15) is 11.6 Å². The first kappa shape index (κ1) is 14.6. The molecular formula is C15H22N4O. The molecule has 0 spiro atoms.